The van der Waals surface area contributed by atoms with Crippen LogP contribution >= 0.6 is 0 Å². The molecular formula is C97H119N7O20. The summed E-state index contributed by atoms with van der Waals surface area (Å²) >= 11 is 0. The number of carbonyl (C=O) groups excluding carboxylic acids is 8. The van der Waals surface area contributed by atoms with Crippen LogP contribution in [0.2, 0.25) is 0 Å². The molecule has 6 unspecified atom stereocenters. The number of esters is 1. The SMILES string of the molecule is CC(CO)NC(=O)c1cccc(C#CCCC(=O)O)c1.CC(CO)NC(=O)c1cccc(C#CCCCC#N)c1.CC(CO)NC(=O)c1cccc(C#CCCCC(=O)O)c1.CC(CO)NC(=O)c1cccc(C#CCCCO)c1.CCC(=O)CCC/C=C\c1cccc(C(=O)NC(C)CO)c1.COC(=O)CCCC#Cc1cccc(C(=O)NC(C)CO)c1. The number of nitrogens with one attached hydrogen (secondary N) is 6. The molecule has 15 N–H and O–H groups in total. The number of methoxy groups -OCH3 is 1. The molecule has 6 amide bonds. The van der Waals surface area contributed by atoms with E-state index in [-0.39, 0.29) is 143 Å². The lowest BCUT2D eigenvalue weighted by molar-refractivity contribution is -0.141. The van der Waals surface area contributed by atoms with Crippen LogP contribution in [0.15, 0.2) is 152 Å². The first-order valence-electron chi connectivity index (χ1n) is 40.7. The first-order chi connectivity index (χ1) is 59.5. The average molecular weight is 1700 g/mol. The van der Waals surface area contributed by atoms with Gasteiger partial charge in [-0.25, -0.2) is 0 Å². The fraction of sp³-hybridized carbons (Fsp3) is 0.392. The van der Waals surface area contributed by atoms with Gasteiger partial charge in [0.2, 0.25) is 0 Å². The summed E-state index contributed by atoms with van der Waals surface area (Å²) in [6.45, 7) is 11.8. The standard InChI is InChI=1S/C18H25NO3.C17H21NO4.C16H18N2O2.C16H19NO4.C15H17NO4.C15H19NO3/c1-3-17(21)11-6-4-5-8-15-9-7-10-16(12-15)18(22)19-14(2)13-20;1-13(12-19)18-17(21)15-9-6-8-14(11-15)7-4-3-5-10-16(20)22-2;1-13(12-19)18-16(20)15-9-6-8-14(11-15)7-4-2-3-5-10-17;1-12(11-18)17-16(21)14-8-5-7-13(10-14)6-3-2-4-9-15(19)20;1-11(10-17)16-15(20)13-7-4-6-12(9-13)5-2-3-8-14(18)19;1-12(11-18)16-15(19)14-8-5-7-13(10-14)6-3-2-4-9-17/h5,7-10,12,14,20H,3-4,6,11,13H2,1-2H3,(H,19,22);6,8-9,11,13,19H,3,5,10,12H2,1-2H3,(H,18,21);6,8-9,11,13,19H,2-3,5,12H2,1H3,(H,18,20);5,7-8,10,12,18H,2,4,9,11H2,1H3,(H,17,21)(H,19,20);4,6-7,9,11,17H,3,8,10H2,1H3,(H,16,20)(H,18,19);5,7-8,10,12,17-18H,2,4,9,11H2,1H3,(H,16,19)/b8-5-;;;;;. The molecular weight excluding hydrogens is 1580 g/mol. The summed E-state index contributed by atoms with van der Waals surface area (Å²) in [5.41, 5.74) is 7.63. The Morgan fingerprint density at radius 2 is 0.653 bits per heavy atom. The van der Waals surface area contributed by atoms with Gasteiger partial charge in [-0.1, -0.05) is 121 Å². The lowest BCUT2D eigenvalue weighted by Crippen LogP contribution is -2.34. The van der Waals surface area contributed by atoms with Crippen LogP contribution in [0, 0.1) is 70.5 Å². The molecule has 0 spiro atoms. The van der Waals surface area contributed by atoms with E-state index >= 15 is 0 Å². The molecule has 0 heterocycles. The number of carboxylic acid groups (broad SMARTS) is 2. The molecule has 0 aliphatic rings. The van der Waals surface area contributed by atoms with Crippen molar-refractivity contribution in [1.29, 1.82) is 5.26 Å². The minimum Gasteiger partial charge on any atom is -0.481 e. The van der Waals surface area contributed by atoms with Crippen molar-refractivity contribution in [2.24, 2.45) is 0 Å². The molecule has 124 heavy (non-hydrogen) atoms. The van der Waals surface area contributed by atoms with Crippen molar-refractivity contribution in [3.63, 3.8) is 0 Å². The van der Waals surface area contributed by atoms with E-state index in [9.17, 15) is 47.9 Å². The van der Waals surface area contributed by atoms with Crippen molar-refractivity contribution in [2.75, 3.05) is 53.4 Å². The Morgan fingerprint density at radius 3 is 0.944 bits per heavy atom. The van der Waals surface area contributed by atoms with Crippen LogP contribution in [-0.2, 0) is 23.9 Å². The maximum Gasteiger partial charge on any atom is 0.305 e. The topological polar surface area (TPSA) is 458 Å². The Labute approximate surface area is 728 Å². The molecule has 0 saturated carbocycles. The predicted octanol–water partition coefficient (Wildman–Crippen LogP) is 9.63. The maximum atomic E-state index is 12.0. The van der Waals surface area contributed by atoms with Gasteiger partial charge in [0.15, 0.2) is 0 Å². The smallest absolute Gasteiger partial charge is 0.305 e. The van der Waals surface area contributed by atoms with E-state index in [0.29, 0.717) is 121 Å². The van der Waals surface area contributed by atoms with Gasteiger partial charge in [-0.15, -0.1) is 0 Å². The second-order valence-corrected chi connectivity index (χ2v) is 28.0. The van der Waals surface area contributed by atoms with Gasteiger partial charge in [0.1, 0.15) is 5.78 Å². The molecule has 6 atom stereocenters. The summed E-state index contributed by atoms with van der Waals surface area (Å²) in [7, 11) is 1.36. The molecule has 27 heteroatoms. The van der Waals surface area contributed by atoms with Crippen LogP contribution in [0.5, 0.6) is 0 Å². The number of nitriles is 1. The third-order valence-electron chi connectivity index (χ3n) is 16.5. The molecule has 0 radical (unpaired) electrons. The van der Waals surface area contributed by atoms with Crippen LogP contribution < -0.4 is 31.9 Å². The number of unbranched alkanes of at least 4 members (excludes halogenated alkanes) is 6. The number of rotatable bonds is 36. The Morgan fingerprint density at radius 1 is 0.363 bits per heavy atom. The molecule has 0 aliphatic carbocycles. The van der Waals surface area contributed by atoms with E-state index in [1.165, 1.54) is 7.11 Å². The van der Waals surface area contributed by atoms with Gasteiger partial charge in [0, 0.05) is 168 Å². The molecule has 6 aromatic rings. The second-order valence-electron chi connectivity index (χ2n) is 28.0. The highest BCUT2D eigenvalue weighted by atomic mass is 16.5. The summed E-state index contributed by atoms with van der Waals surface area (Å²) in [5, 5.41) is 104. The molecule has 0 aromatic heterocycles. The largest absolute Gasteiger partial charge is 0.481 e. The van der Waals surface area contributed by atoms with Gasteiger partial charge in [-0.05, 0) is 189 Å². The van der Waals surface area contributed by atoms with E-state index in [4.69, 9.17) is 51.2 Å². The number of nitrogens with zero attached hydrogens (tertiary/aromatic N) is 1. The highest BCUT2D eigenvalue weighted by Gasteiger charge is 2.15. The number of benzene rings is 6. The lowest BCUT2D eigenvalue weighted by atomic mass is 10.1. The zero-order chi connectivity index (χ0) is 92.2. The van der Waals surface area contributed by atoms with Crippen molar-refractivity contribution in [3.8, 4) is 65.3 Å². The number of aliphatic hydroxyl groups excluding tert-OH is 7. The Balaban J connectivity index is 0.000000745. The number of ether oxygens (including phenoxy) is 1. The van der Waals surface area contributed by atoms with Gasteiger partial charge in [0.25, 0.3) is 35.4 Å². The highest BCUT2D eigenvalue weighted by Crippen LogP contribution is 2.14. The van der Waals surface area contributed by atoms with E-state index in [1.54, 1.807) is 151 Å². The number of carboxylic acids is 2. The van der Waals surface area contributed by atoms with Crippen molar-refractivity contribution in [3.05, 3.63) is 218 Å². The Kier molecular flexibility index (Phi) is 59.4. The van der Waals surface area contributed by atoms with E-state index in [0.717, 1.165) is 41.5 Å². The summed E-state index contributed by atoms with van der Waals surface area (Å²) in [6.07, 6.45) is 13.1. The van der Waals surface area contributed by atoms with E-state index < -0.39 is 11.9 Å². The van der Waals surface area contributed by atoms with E-state index in [1.807, 2.05) is 55.5 Å². The zero-order valence-corrected chi connectivity index (χ0v) is 71.9. The summed E-state index contributed by atoms with van der Waals surface area (Å²) in [4.78, 5) is 114. The van der Waals surface area contributed by atoms with Crippen molar-refractivity contribution in [2.45, 2.75) is 194 Å². The molecule has 27 nitrogen and oxygen atoms in total. The number of ketones is 1. The predicted molar refractivity (Wildman–Crippen MR) is 475 cm³/mol. The molecule has 0 fully saturated rings. The van der Waals surface area contributed by atoms with Crippen molar-refractivity contribution in [1.82, 2.24) is 31.9 Å². The summed E-state index contributed by atoms with van der Waals surface area (Å²) < 4.78 is 4.55. The van der Waals surface area contributed by atoms with Crippen molar-refractivity contribution < 1.29 is 98.6 Å². The summed E-state index contributed by atoms with van der Waals surface area (Å²) in [5.74, 6) is 26.1. The van der Waals surface area contributed by atoms with Gasteiger partial charge in [-0.2, -0.15) is 5.26 Å². The molecule has 0 bridgehead atoms. The Bertz CT molecular complexity index is 4740. The van der Waals surface area contributed by atoms with Gasteiger partial charge < -0.3 is 82.6 Å². The van der Waals surface area contributed by atoms with Gasteiger partial charge in [0.05, 0.1) is 59.2 Å². The third-order valence-corrected chi connectivity index (χ3v) is 16.5. The fourth-order valence-corrected chi connectivity index (χ4v) is 9.57. The molecule has 6 aromatic carbocycles. The molecule has 662 valence electrons. The minimum atomic E-state index is -0.884. The first kappa shape index (κ1) is 109. The normalized spacial score (nSPS) is 11.3. The number of carbonyl (C=O) groups is 10. The molecule has 0 aliphatic heterocycles. The second kappa shape index (κ2) is 67.6. The monoisotopic (exact) mass is 1700 g/mol. The van der Waals surface area contributed by atoms with Crippen molar-refractivity contribution >= 4 is 65.2 Å². The summed E-state index contributed by atoms with van der Waals surface area (Å²) in [6, 6.07) is 42.3. The average Bonchev–Trinajstić information content (AvgIpc) is 0.908. The Hall–Kier alpha value is -13.0. The fourth-order valence-electron chi connectivity index (χ4n) is 9.57. The quantitative estimate of drug-likeness (QED) is 0.00988. The van der Waals surface area contributed by atoms with Crippen LogP contribution in [0.3, 0.4) is 0 Å². The van der Waals surface area contributed by atoms with Crippen LogP contribution in [0.4, 0.5) is 0 Å². The maximum absolute atomic E-state index is 12.0. The number of Topliss-reactive ketones (excluding diaryl/α,β-unsaturated/α-hetero) is 1. The number of hydrogen-bond acceptors (Lipinski definition) is 19. The highest BCUT2D eigenvalue weighted by molar-refractivity contribution is 5.98. The van der Waals surface area contributed by atoms with Gasteiger partial charge >= 0.3 is 17.9 Å². The van der Waals surface area contributed by atoms with Gasteiger partial charge in [-0.3, -0.25) is 47.9 Å². The number of amides is 6. The molecule has 6 rings (SSSR count). The van der Waals surface area contributed by atoms with E-state index in [2.05, 4.69) is 102 Å². The molecule has 0 saturated heterocycles. The number of aliphatic carboxylic acids is 2. The zero-order valence-electron chi connectivity index (χ0n) is 71.9. The first-order valence-corrected chi connectivity index (χ1v) is 40.7. The number of hydrogen-bond donors (Lipinski definition) is 15. The van der Waals surface area contributed by atoms with Crippen LogP contribution in [0.25, 0.3) is 6.08 Å². The minimum absolute atomic E-state index is 0.00118. The van der Waals surface area contributed by atoms with Crippen LogP contribution in [0.1, 0.15) is 253 Å². The third kappa shape index (κ3) is 52.9. The number of aliphatic hydroxyl groups is 7. The number of allylic oxidation sites excluding steroid dienone is 1. The van der Waals surface area contributed by atoms with Crippen LogP contribution in [-0.4, -0.2) is 195 Å². The lowest BCUT2D eigenvalue weighted by Gasteiger charge is -2.10.